The van der Waals surface area contributed by atoms with Gasteiger partial charge in [-0.1, -0.05) is 24.0 Å². The molecule has 0 saturated carbocycles. The summed E-state index contributed by atoms with van der Waals surface area (Å²) in [6.45, 7) is 0. The number of nitro benzene ring substituents is 2. The summed E-state index contributed by atoms with van der Waals surface area (Å²) in [5, 5.41) is 31.9. The zero-order valence-electron chi connectivity index (χ0n) is 13.6. The zero-order valence-corrected chi connectivity index (χ0v) is 16.8. The maximum Gasteiger partial charge on any atom is 0.271 e. The van der Waals surface area contributed by atoms with E-state index in [9.17, 15) is 30.1 Å². The molecule has 2 aromatic carbocycles. The lowest BCUT2D eigenvalue weighted by Crippen LogP contribution is -2.27. The largest absolute Gasteiger partial charge is 0.506 e. The number of nitro groups is 2. The molecule has 1 fully saturated rings. The van der Waals surface area contributed by atoms with Crippen LogP contribution < -0.4 is 4.90 Å². The van der Waals surface area contributed by atoms with Crippen molar-refractivity contribution in [1.29, 1.82) is 0 Å². The molecule has 1 saturated heterocycles. The topological polar surface area (TPSA) is 127 Å². The predicted octanol–water partition coefficient (Wildman–Crippen LogP) is 4.38. The second-order valence-corrected chi connectivity index (χ2v) is 7.94. The van der Waals surface area contributed by atoms with Crippen LogP contribution in [0.15, 0.2) is 45.8 Å². The number of halogens is 1. The molecule has 1 aliphatic rings. The van der Waals surface area contributed by atoms with Gasteiger partial charge in [-0.15, -0.1) is 0 Å². The van der Waals surface area contributed by atoms with E-state index in [0.29, 0.717) is 5.69 Å². The minimum absolute atomic E-state index is 0.0743. The Bertz CT molecular complexity index is 1070. The highest BCUT2D eigenvalue weighted by Crippen LogP contribution is 2.39. The van der Waals surface area contributed by atoms with E-state index >= 15 is 0 Å². The van der Waals surface area contributed by atoms with Gasteiger partial charge in [0.25, 0.3) is 17.3 Å². The lowest BCUT2D eigenvalue weighted by molar-refractivity contribution is -0.385. The van der Waals surface area contributed by atoms with Crippen LogP contribution in [0.4, 0.5) is 17.1 Å². The molecule has 0 atom stereocenters. The van der Waals surface area contributed by atoms with Crippen LogP contribution in [0.2, 0.25) is 0 Å². The van der Waals surface area contributed by atoms with Gasteiger partial charge in [0.1, 0.15) is 5.75 Å². The fraction of sp³-hybridized carbons (Fsp3) is 0. The van der Waals surface area contributed by atoms with Gasteiger partial charge in [-0.2, -0.15) is 0 Å². The number of thioether (sulfide) groups is 1. The first-order valence-corrected chi connectivity index (χ1v) is 9.40. The number of anilines is 1. The number of nitrogens with zero attached hydrogens (tertiary/aromatic N) is 3. The third-order valence-corrected chi connectivity index (χ3v) is 5.59. The fourth-order valence-corrected chi connectivity index (χ4v) is 4.13. The molecule has 1 N–H and O–H groups in total. The number of phenolic OH excluding ortho intramolecular Hbond substituents is 1. The van der Waals surface area contributed by atoms with Crippen molar-refractivity contribution in [2.24, 2.45) is 0 Å². The number of aromatic hydroxyl groups is 1. The number of hydrogen-bond acceptors (Lipinski definition) is 8. The van der Waals surface area contributed by atoms with Crippen molar-refractivity contribution in [3.05, 3.63) is 71.6 Å². The van der Waals surface area contributed by atoms with Crippen LogP contribution in [0, 0.1) is 20.2 Å². The second-order valence-electron chi connectivity index (χ2n) is 5.41. The van der Waals surface area contributed by atoms with Crippen molar-refractivity contribution >= 4 is 73.3 Å². The monoisotopic (exact) mass is 481 g/mol. The van der Waals surface area contributed by atoms with Crippen LogP contribution in [0.3, 0.4) is 0 Å². The van der Waals surface area contributed by atoms with Crippen LogP contribution in [-0.4, -0.2) is 25.2 Å². The van der Waals surface area contributed by atoms with Crippen molar-refractivity contribution in [2.75, 3.05) is 4.90 Å². The average molecular weight is 482 g/mol. The summed E-state index contributed by atoms with van der Waals surface area (Å²) in [4.78, 5) is 34.7. The van der Waals surface area contributed by atoms with Crippen LogP contribution in [0.5, 0.6) is 5.75 Å². The summed E-state index contributed by atoms with van der Waals surface area (Å²) in [5.41, 5.74) is 0.0316. The van der Waals surface area contributed by atoms with E-state index in [0.717, 1.165) is 23.9 Å². The first-order valence-electron chi connectivity index (χ1n) is 7.38. The van der Waals surface area contributed by atoms with Crippen molar-refractivity contribution in [2.45, 2.75) is 0 Å². The molecule has 9 nitrogen and oxygen atoms in total. The average Bonchev–Trinajstić information content (AvgIpc) is 2.92. The van der Waals surface area contributed by atoms with Gasteiger partial charge in [0.2, 0.25) is 0 Å². The van der Waals surface area contributed by atoms with E-state index in [4.69, 9.17) is 12.2 Å². The van der Waals surface area contributed by atoms with Gasteiger partial charge in [-0.25, -0.2) is 0 Å². The second kappa shape index (κ2) is 7.66. The Morgan fingerprint density at radius 3 is 2.29 bits per heavy atom. The Balaban J connectivity index is 1.98. The van der Waals surface area contributed by atoms with Gasteiger partial charge in [0.05, 0.1) is 24.9 Å². The number of amides is 1. The summed E-state index contributed by atoms with van der Waals surface area (Å²) >= 11 is 9.21. The molecule has 0 unspecified atom stereocenters. The van der Waals surface area contributed by atoms with E-state index in [1.165, 1.54) is 35.2 Å². The van der Waals surface area contributed by atoms with Crippen LogP contribution in [0.1, 0.15) is 5.56 Å². The lowest BCUT2D eigenvalue weighted by Gasteiger charge is -2.14. The van der Waals surface area contributed by atoms with Gasteiger partial charge in [0.15, 0.2) is 4.32 Å². The third kappa shape index (κ3) is 3.74. The zero-order chi connectivity index (χ0) is 20.6. The maximum absolute atomic E-state index is 12.7. The van der Waals surface area contributed by atoms with Crippen molar-refractivity contribution in [1.82, 2.24) is 0 Å². The summed E-state index contributed by atoms with van der Waals surface area (Å²) in [5.74, 6) is -0.767. The summed E-state index contributed by atoms with van der Waals surface area (Å²) in [7, 11) is 0. The Morgan fingerprint density at radius 1 is 1.11 bits per heavy atom. The molecule has 2 aromatic rings. The minimum Gasteiger partial charge on any atom is -0.506 e. The molecule has 1 aliphatic heterocycles. The number of carbonyl (C=O) groups excluding carboxylic acids is 1. The van der Waals surface area contributed by atoms with E-state index in [2.05, 4.69) is 15.9 Å². The Kier molecular flexibility index (Phi) is 5.45. The number of benzene rings is 2. The van der Waals surface area contributed by atoms with Gasteiger partial charge < -0.3 is 5.11 Å². The van der Waals surface area contributed by atoms with E-state index < -0.39 is 15.8 Å². The van der Waals surface area contributed by atoms with E-state index in [1.54, 1.807) is 0 Å². The number of phenols is 1. The first kappa shape index (κ1) is 19.9. The smallest absolute Gasteiger partial charge is 0.271 e. The van der Waals surface area contributed by atoms with Crippen LogP contribution >= 0.6 is 39.9 Å². The fourth-order valence-electron chi connectivity index (χ4n) is 2.38. The Hall–Kier alpha value is -2.83. The lowest BCUT2D eigenvalue weighted by atomic mass is 10.1. The molecular formula is C16H8BrN3O6S2. The van der Waals surface area contributed by atoms with Gasteiger partial charge in [0, 0.05) is 29.8 Å². The normalized spacial score (nSPS) is 15.3. The van der Waals surface area contributed by atoms with Crippen LogP contribution in [-0.2, 0) is 4.79 Å². The number of hydrogen-bond donors (Lipinski definition) is 1. The maximum atomic E-state index is 12.7. The van der Waals surface area contributed by atoms with E-state index in [-0.39, 0.29) is 36.4 Å². The molecule has 0 aliphatic carbocycles. The minimum atomic E-state index is -0.621. The van der Waals surface area contributed by atoms with Gasteiger partial charge in [-0.3, -0.25) is 29.9 Å². The predicted molar refractivity (Wildman–Crippen MR) is 111 cm³/mol. The molecule has 0 bridgehead atoms. The van der Waals surface area contributed by atoms with E-state index in [1.807, 2.05) is 0 Å². The molecule has 1 amide bonds. The van der Waals surface area contributed by atoms with Crippen molar-refractivity contribution in [3.8, 4) is 5.75 Å². The standard InChI is InChI=1S/C16H8BrN3O6S2/c17-12-7-11(20(25)26)5-8(14(12)21)6-13-15(22)18(16(27)28-13)9-1-3-10(4-2-9)19(23)24/h1-7,21H/b13-6-. The molecule has 142 valence electrons. The number of non-ortho nitro benzene ring substituents is 2. The number of rotatable bonds is 4. The van der Waals surface area contributed by atoms with Gasteiger partial charge >= 0.3 is 0 Å². The molecular weight excluding hydrogens is 474 g/mol. The highest BCUT2D eigenvalue weighted by atomic mass is 79.9. The van der Waals surface area contributed by atoms with Crippen molar-refractivity contribution in [3.63, 3.8) is 0 Å². The Labute approximate surface area is 175 Å². The summed E-state index contributed by atoms with van der Waals surface area (Å²) < 4.78 is 0.299. The van der Waals surface area contributed by atoms with Crippen molar-refractivity contribution < 1.29 is 19.7 Å². The summed E-state index contributed by atoms with van der Waals surface area (Å²) in [6, 6.07) is 7.58. The number of thiocarbonyl (C=S) groups is 1. The Morgan fingerprint density at radius 2 is 1.71 bits per heavy atom. The molecule has 0 spiro atoms. The third-order valence-electron chi connectivity index (χ3n) is 3.69. The highest BCUT2D eigenvalue weighted by molar-refractivity contribution is 9.10. The molecule has 3 rings (SSSR count). The number of carbonyl (C=O) groups is 1. The molecule has 0 aromatic heterocycles. The SMILES string of the molecule is O=C1/C(=C/c2cc([N+](=O)[O-])cc(Br)c2O)SC(=S)N1c1ccc([N+](=O)[O-])cc1. The highest BCUT2D eigenvalue weighted by Gasteiger charge is 2.34. The quantitative estimate of drug-likeness (QED) is 0.295. The molecule has 0 radical (unpaired) electrons. The summed E-state index contributed by atoms with van der Waals surface area (Å²) in [6.07, 6.45) is 1.30. The molecule has 12 heteroatoms. The molecule has 28 heavy (non-hydrogen) atoms. The first-order chi connectivity index (χ1) is 13.2. The van der Waals surface area contributed by atoms with Crippen LogP contribution in [0.25, 0.3) is 6.08 Å². The molecule has 1 heterocycles. The van der Waals surface area contributed by atoms with Gasteiger partial charge in [-0.05, 0) is 34.1 Å².